The van der Waals surface area contributed by atoms with Gasteiger partial charge in [0.15, 0.2) is 0 Å². The van der Waals surface area contributed by atoms with Gasteiger partial charge in [0.05, 0.1) is 4.92 Å². The molecule has 2 N–H and O–H groups in total. The van der Waals surface area contributed by atoms with Gasteiger partial charge in [0.2, 0.25) is 5.82 Å². The number of carbonyl (C=O) groups excluding carboxylic acids is 1. The molecule has 7 heteroatoms. The first kappa shape index (κ1) is 16.0. The molecule has 0 heterocycles. The lowest BCUT2D eigenvalue weighted by atomic mass is 10.1. The van der Waals surface area contributed by atoms with Gasteiger partial charge in [-0.25, -0.2) is 0 Å². The van der Waals surface area contributed by atoms with Gasteiger partial charge in [-0.2, -0.15) is 4.39 Å². The van der Waals surface area contributed by atoms with Crippen molar-refractivity contribution in [3.8, 4) is 0 Å². The number of nitrogens with zero attached hydrogens (tertiary/aromatic N) is 1. The molecular weight excluding hydrogens is 267 g/mol. The molecule has 0 radical (unpaired) electrons. The molecule has 0 fully saturated rings. The summed E-state index contributed by atoms with van der Waals surface area (Å²) >= 11 is 0. The molecule has 0 aromatic heterocycles. The highest BCUT2D eigenvalue weighted by atomic mass is 19.1. The average molecular weight is 284 g/mol. The zero-order valence-electron chi connectivity index (χ0n) is 11.0. The van der Waals surface area contributed by atoms with Gasteiger partial charge >= 0.3 is 5.69 Å². The summed E-state index contributed by atoms with van der Waals surface area (Å²) in [5.41, 5.74) is -0.644. The predicted octanol–water partition coefficient (Wildman–Crippen LogP) is 2.02. The third kappa shape index (κ3) is 4.93. The molecule has 1 rings (SSSR count). The third-order valence-corrected chi connectivity index (χ3v) is 2.78. The monoisotopic (exact) mass is 284 g/mol. The van der Waals surface area contributed by atoms with Crippen molar-refractivity contribution in [3.63, 3.8) is 0 Å². The summed E-state index contributed by atoms with van der Waals surface area (Å²) in [5.74, 6) is -1.43. The molecule has 0 aliphatic carbocycles. The largest absolute Gasteiger partial charge is 0.396 e. The number of nitrogens with one attached hydrogen (secondary N) is 1. The molecular formula is C13H17FN2O4. The average Bonchev–Trinajstić information content (AvgIpc) is 2.42. The number of aliphatic hydroxyl groups excluding tert-OH is 1. The minimum Gasteiger partial charge on any atom is -0.396 e. The van der Waals surface area contributed by atoms with Gasteiger partial charge in [0.1, 0.15) is 0 Å². The number of unbranched alkanes of at least 4 members (excludes halogenated alkanes) is 3. The van der Waals surface area contributed by atoms with E-state index in [1.54, 1.807) is 0 Å². The van der Waals surface area contributed by atoms with Gasteiger partial charge in [-0.1, -0.05) is 12.8 Å². The van der Waals surface area contributed by atoms with E-state index in [4.69, 9.17) is 5.11 Å². The maximum atomic E-state index is 13.1. The van der Waals surface area contributed by atoms with Crippen molar-refractivity contribution in [1.82, 2.24) is 5.32 Å². The van der Waals surface area contributed by atoms with Crippen molar-refractivity contribution < 1.29 is 19.2 Å². The van der Waals surface area contributed by atoms with Gasteiger partial charge in [-0.15, -0.1) is 0 Å². The molecule has 1 aromatic carbocycles. The van der Waals surface area contributed by atoms with Crippen molar-refractivity contribution in [2.75, 3.05) is 13.2 Å². The van der Waals surface area contributed by atoms with Crippen LogP contribution >= 0.6 is 0 Å². The van der Waals surface area contributed by atoms with Crippen molar-refractivity contribution in [1.29, 1.82) is 0 Å². The minimum atomic E-state index is -0.962. The first-order valence-electron chi connectivity index (χ1n) is 6.39. The van der Waals surface area contributed by atoms with E-state index in [2.05, 4.69) is 5.32 Å². The Morgan fingerprint density at radius 3 is 2.65 bits per heavy atom. The Balaban J connectivity index is 2.47. The molecule has 6 nitrogen and oxygen atoms in total. The van der Waals surface area contributed by atoms with Crippen LogP contribution in [0.3, 0.4) is 0 Å². The Morgan fingerprint density at radius 1 is 1.30 bits per heavy atom. The summed E-state index contributed by atoms with van der Waals surface area (Å²) in [5, 5.41) is 21.8. The van der Waals surface area contributed by atoms with Crippen LogP contribution in [0.2, 0.25) is 0 Å². The summed E-state index contributed by atoms with van der Waals surface area (Å²) in [6, 6.07) is 3.05. The molecule has 0 unspecified atom stereocenters. The van der Waals surface area contributed by atoms with Crippen LogP contribution in [0, 0.1) is 15.9 Å². The zero-order chi connectivity index (χ0) is 15.0. The highest BCUT2D eigenvalue weighted by Gasteiger charge is 2.17. The minimum absolute atomic E-state index is 0.0634. The van der Waals surface area contributed by atoms with E-state index in [1.807, 2.05) is 0 Å². The van der Waals surface area contributed by atoms with Gasteiger partial charge in [0.25, 0.3) is 5.91 Å². The Bertz CT molecular complexity index is 479. The van der Waals surface area contributed by atoms with Crippen molar-refractivity contribution in [2.45, 2.75) is 25.7 Å². The fourth-order valence-corrected chi connectivity index (χ4v) is 1.69. The van der Waals surface area contributed by atoms with Gasteiger partial charge < -0.3 is 10.4 Å². The number of rotatable bonds is 8. The first-order valence-corrected chi connectivity index (χ1v) is 6.39. The van der Waals surface area contributed by atoms with E-state index in [0.717, 1.165) is 37.8 Å². The fraction of sp³-hybridized carbons (Fsp3) is 0.462. The van der Waals surface area contributed by atoms with Crippen LogP contribution < -0.4 is 5.32 Å². The molecule has 20 heavy (non-hydrogen) atoms. The number of aliphatic hydroxyl groups is 1. The van der Waals surface area contributed by atoms with Crippen molar-refractivity contribution in [2.24, 2.45) is 0 Å². The van der Waals surface area contributed by atoms with Crippen molar-refractivity contribution >= 4 is 11.6 Å². The first-order chi connectivity index (χ1) is 9.56. The Morgan fingerprint density at radius 2 is 2.00 bits per heavy atom. The van der Waals surface area contributed by atoms with E-state index in [9.17, 15) is 19.3 Å². The Kier molecular flexibility index (Phi) is 6.58. The maximum absolute atomic E-state index is 13.1. The summed E-state index contributed by atoms with van der Waals surface area (Å²) in [6.45, 7) is 0.598. The summed E-state index contributed by atoms with van der Waals surface area (Å²) < 4.78 is 13.1. The highest BCUT2D eigenvalue weighted by molar-refractivity contribution is 5.94. The maximum Gasteiger partial charge on any atom is 0.305 e. The molecule has 0 spiro atoms. The number of amides is 1. The van der Waals surface area contributed by atoms with Gasteiger partial charge in [-0.3, -0.25) is 14.9 Å². The number of hydrogen-bond donors (Lipinski definition) is 2. The highest BCUT2D eigenvalue weighted by Crippen LogP contribution is 2.18. The number of nitro benzene ring substituents is 1. The van der Waals surface area contributed by atoms with E-state index < -0.39 is 22.3 Å². The van der Waals surface area contributed by atoms with Crippen LogP contribution in [0.4, 0.5) is 10.1 Å². The number of halogens is 1. The Labute approximate surface area is 115 Å². The number of hydrogen-bond acceptors (Lipinski definition) is 4. The summed E-state index contributed by atoms with van der Waals surface area (Å²) in [4.78, 5) is 21.4. The van der Waals surface area contributed by atoms with Crippen molar-refractivity contribution in [3.05, 3.63) is 39.7 Å². The standard InChI is InChI=1S/C13H17FN2O4/c14-11-6-5-10(9-12(11)16(19)20)13(18)15-7-3-1-2-4-8-17/h5-6,9,17H,1-4,7-8H2,(H,15,18). The van der Waals surface area contributed by atoms with E-state index in [0.29, 0.717) is 6.54 Å². The smallest absolute Gasteiger partial charge is 0.305 e. The molecule has 0 aliphatic heterocycles. The van der Waals surface area contributed by atoms with Crippen LogP contribution in [0.5, 0.6) is 0 Å². The van der Waals surface area contributed by atoms with Crippen LogP contribution in [0.1, 0.15) is 36.0 Å². The second-order valence-electron chi connectivity index (χ2n) is 4.32. The zero-order valence-corrected chi connectivity index (χ0v) is 11.0. The van der Waals surface area contributed by atoms with E-state index in [1.165, 1.54) is 6.07 Å². The molecule has 0 bridgehead atoms. The third-order valence-electron chi connectivity index (χ3n) is 2.78. The number of benzene rings is 1. The topological polar surface area (TPSA) is 92.5 Å². The van der Waals surface area contributed by atoms with Crippen LogP contribution in [-0.2, 0) is 0 Å². The quantitative estimate of drug-likeness (QED) is 0.434. The van der Waals surface area contributed by atoms with E-state index >= 15 is 0 Å². The molecule has 1 aromatic rings. The summed E-state index contributed by atoms with van der Waals surface area (Å²) in [6.07, 6.45) is 3.26. The lowest BCUT2D eigenvalue weighted by Gasteiger charge is -2.05. The Hall–Kier alpha value is -2.02. The lowest BCUT2D eigenvalue weighted by Crippen LogP contribution is -2.24. The van der Waals surface area contributed by atoms with Crippen LogP contribution in [-0.4, -0.2) is 29.1 Å². The number of nitro groups is 1. The van der Waals surface area contributed by atoms with Gasteiger partial charge in [0, 0.05) is 24.8 Å². The second-order valence-corrected chi connectivity index (χ2v) is 4.32. The fourth-order valence-electron chi connectivity index (χ4n) is 1.69. The van der Waals surface area contributed by atoms with Crippen LogP contribution in [0.25, 0.3) is 0 Å². The number of carbonyl (C=O) groups is 1. The second kappa shape index (κ2) is 8.21. The molecule has 0 saturated carbocycles. The molecule has 1 amide bonds. The summed E-state index contributed by atoms with van der Waals surface area (Å²) in [7, 11) is 0. The SMILES string of the molecule is O=C(NCCCCCCO)c1ccc(F)c([N+](=O)[O-])c1. The molecule has 110 valence electrons. The van der Waals surface area contributed by atoms with E-state index in [-0.39, 0.29) is 12.2 Å². The molecule has 0 aliphatic rings. The van der Waals surface area contributed by atoms with Gasteiger partial charge in [-0.05, 0) is 25.0 Å². The molecule has 0 saturated heterocycles. The normalized spacial score (nSPS) is 10.3. The van der Waals surface area contributed by atoms with Crippen LogP contribution in [0.15, 0.2) is 18.2 Å². The molecule has 0 atom stereocenters. The lowest BCUT2D eigenvalue weighted by molar-refractivity contribution is -0.387. The predicted molar refractivity (Wildman–Crippen MR) is 70.9 cm³/mol.